The maximum Gasteiger partial charge on any atom is 0.231 e. The Balaban J connectivity index is 2.00. The lowest BCUT2D eigenvalue weighted by atomic mass is 10.1. The molecule has 1 aliphatic heterocycles. The van der Waals surface area contributed by atoms with Crippen LogP contribution < -0.4 is 14.8 Å². The maximum absolute atomic E-state index is 9.59. The van der Waals surface area contributed by atoms with Gasteiger partial charge in [0.15, 0.2) is 11.5 Å². The molecule has 1 heterocycles. The standard InChI is InChI=1S/C12H16BrNO3/c1-12(2,15)6-14-5-8-3-9(13)11-10(4-8)16-7-17-11/h3-4,14-15H,5-7H2,1-2H3. The highest BCUT2D eigenvalue weighted by molar-refractivity contribution is 9.10. The summed E-state index contributed by atoms with van der Waals surface area (Å²) in [7, 11) is 0. The molecule has 0 aliphatic carbocycles. The minimum atomic E-state index is -0.701. The molecule has 1 aromatic carbocycles. The molecule has 1 aromatic rings. The third-order valence-corrected chi connectivity index (χ3v) is 2.96. The van der Waals surface area contributed by atoms with Gasteiger partial charge in [0, 0.05) is 13.1 Å². The van der Waals surface area contributed by atoms with Crippen LogP contribution in [-0.2, 0) is 6.54 Å². The zero-order valence-electron chi connectivity index (χ0n) is 9.92. The first-order valence-electron chi connectivity index (χ1n) is 5.47. The smallest absolute Gasteiger partial charge is 0.231 e. The van der Waals surface area contributed by atoms with Gasteiger partial charge in [-0.25, -0.2) is 0 Å². The van der Waals surface area contributed by atoms with E-state index >= 15 is 0 Å². The van der Waals surface area contributed by atoms with Gasteiger partial charge in [-0.2, -0.15) is 0 Å². The predicted octanol–water partition coefficient (Wildman–Crippen LogP) is 2.04. The Morgan fingerprint density at radius 2 is 2.18 bits per heavy atom. The third kappa shape index (κ3) is 3.34. The summed E-state index contributed by atoms with van der Waals surface area (Å²) >= 11 is 3.45. The van der Waals surface area contributed by atoms with E-state index in [2.05, 4.69) is 21.2 Å². The number of hydrogen-bond acceptors (Lipinski definition) is 4. The Bertz CT molecular complexity index is 415. The Morgan fingerprint density at radius 1 is 1.41 bits per heavy atom. The molecule has 0 amide bonds. The van der Waals surface area contributed by atoms with E-state index in [1.165, 1.54) is 0 Å². The predicted molar refractivity (Wildman–Crippen MR) is 68.3 cm³/mol. The molecule has 0 atom stereocenters. The lowest BCUT2D eigenvalue weighted by Gasteiger charge is -2.17. The summed E-state index contributed by atoms with van der Waals surface area (Å²) < 4.78 is 11.5. The van der Waals surface area contributed by atoms with Crippen LogP contribution in [0.25, 0.3) is 0 Å². The average molecular weight is 302 g/mol. The fraction of sp³-hybridized carbons (Fsp3) is 0.500. The molecule has 1 aliphatic rings. The third-order valence-electron chi connectivity index (χ3n) is 2.37. The van der Waals surface area contributed by atoms with Crippen LogP contribution in [0.15, 0.2) is 16.6 Å². The van der Waals surface area contributed by atoms with E-state index < -0.39 is 5.60 Å². The summed E-state index contributed by atoms with van der Waals surface area (Å²) in [6, 6.07) is 3.94. The van der Waals surface area contributed by atoms with E-state index in [1.807, 2.05) is 12.1 Å². The van der Waals surface area contributed by atoms with Crippen molar-refractivity contribution < 1.29 is 14.6 Å². The highest BCUT2D eigenvalue weighted by Crippen LogP contribution is 2.39. The van der Waals surface area contributed by atoms with Crippen LogP contribution >= 0.6 is 15.9 Å². The number of benzene rings is 1. The molecular formula is C12H16BrNO3. The lowest BCUT2D eigenvalue weighted by Crippen LogP contribution is -2.34. The lowest BCUT2D eigenvalue weighted by molar-refractivity contribution is 0.0795. The van der Waals surface area contributed by atoms with Crippen LogP contribution in [0.4, 0.5) is 0 Å². The summed E-state index contributed by atoms with van der Waals surface area (Å²) in [5.41, 5.74) is 0.387. The van der Waals surface area contributed by atoms with Crippen molar-refractivity contribution in [2.24, 2.45) is 0 Å². The normalized spacial score (nSPS) is 14.1. The van der Waals surface area contributed by atoms with Crippen LogP contribution in [0, 0.1) is 0 Å². The first-order chi connectivity index (χ1) is 7.96. The maximum atomic E-state index is 9.59. The number of ether oxygens (including phenoxy) is 2. The van der Waals surface area contributed by atoms with E-state index in [4.69, 9.17) is 9.47 Å². The van der Waals surface area contributed by atoms with E-state index in [0.29, 0.717) is 13.1 Å². The van der Waals surface area contributed by atoms with E-state index in [1.54, 1.807) is 13.8 Å². The van der Waals surface area contributed by atoms with Crippen molar-refractivity contribution in [2.45, 2.75) is 26.0 Å². The van der Waals surface area contributed by atoms with Gasteiger partial charge in [-0.3, -0.25) is 0 Å². The number of halogens is 1. The summed E-state index contributed by atoms with van der Waals surface area (Å²) in [6.45, 7) is 5.04. The number of fused-ring (bicyclic) bond motifs is 1. The molecule has 5 heteroatoms. The first-order valence-corrected chi connectivity index (χ1v) is 6.26. The minimum absolute atomic E-state index is 0.272. The molecule has 0 fully saturated rings. The largest absolute Gasteiger partial charge is 0.454 e. The zero-order valence-corrected chi connectivity index (χ0v) is 11.5. The van der Waals surface area contributed by atoms with Crippen LogP contribution in [-0.4, -0.2) is 24.0 Å². The van der Waals surface area contributed by atoms with Crippen LogP contribution in [0.1, 0.15) is 19.4 Å². The van der Waals surface area contributed by atoms with Gasteiger partial charge in [0.05, 0.1) is 10.1 Å². The summed E-state index contributed by atoms with van der Waals surface area (Å²) in [6.07, 6.45) is 0. The van der Waals surface area contributed by atoms with E-state index in [-0.39, 0.29) is 6.79 Å². The van der Waals surface area contributed by atoms with Gasteiger partial charge in [0.25, 0.3) is 0 Å². The molecule has 4 nitrogen and oxygen atoms in total. The molecule has 94 valence electrons. The topological polar surface area (TPSA) is 50.7 Å². The van der Waals surface area contributed by atoms with Crippen molar-refractivity contribution in [3.8, 4) is 11.5 Å². The fourth-order valence-corrected chi connectivity index (χ4v) is 2.24. The van der Waals surface area contributed by atoms with Gasteiger partial charge in [0.2, 0.25) is 6.79 Å². The van der Waals surface area contributed by atoms with Gasteiger partial charge >= 0.3 is 0 Å². The van der Waals surface area contributed by atoms with Crippen molar-refractivity contribution in [3.05, 3.63) is 22.2 Å². The number of rotatable bonds is 4. The van der Waals surface area contributed by atoms with Crippen molar-refractivity contribution in [2.75, 3.05) is 13.3 Å². The first kappa shape index (κ1) is 12.7. The van der Waals surface area contributed by atoms with Gasteiger partial charge < -0.3 is 19.9 Å². The highest BCUT2D eigenvalue weighted by Gasteiger charge is 2.18. The van der Waals surface area contributed by atoms with Gasteiger partial charge in [-0.15, -0.1) is 0 Å². The summed E-state index contributed by atoms with van der Waals surface area (Å²) in [4.78, 5) is 0. The van der Waals surface area contributed by atoms with Gasteiger partial charge in [-0.1, -0.05) is 0 Å². The average Bonchev–Trinajstić information content (AvgIpc) is 2.64. The molecule has 0 radical (unpaired) electrons. The zero-order chi connectivity index (χ0) is 12.5. The van der Waals surface area contributed by atoms with Gasteiger partial charge in [-0.05, 0) is 47.5 Å². The van der Waals surface area contributed by atoms with Crippen molar-refractivity contribution in [1.82, 2.24) is 5.32 Å². The van der Waals surface area contributed by atoms with Crippen molar-refractivity contribution in [3.63, 3.8) is 0 Å². The molecule has 0 aromatic heterocycles. The quantitative estimate of drug-likeness (QED) is 0.893. The Hall–Kier alpha value is -0.780. The van der Waals surface area contributed by atoms with Gasteiger partial charge in [0.1, 0.15) is 0 Å². The molecule has 2 rings (SSSR count). The Kier molecular flexibility index (Phi) is 3.61. The van der Waals surface area contributed by atoms with Crippen LogP contribution in [0.5, 0.6) is 11.5 Å². The summed E-state index contributed by atoms with van der Waals surface area (Å²) in [5.74, 6) is 1.52. The highest BCUT2D eigenvalue weighted by atomic mass is 79.9. The minimum Gasteiger partial charge on any atom is -0.454 e. The number of hydrogen-bond donors (Lipinski definition) is 2. The number of nitrogens with one attached hydrogen (secondary N) is 1. The molecule has 17 heavy (non-hydrogen) atoms. The van der Waals surface area contributed by atoms with Crippen LogP contribution in [0.2, 0.25) is 0 Å². The second-order valence-electron chi connectivity index (χ2n) is 4.73. The van der Waals surface area contributed by atoms with Crippen molar-refractivity contribution in [1.29, 1.82) is 0 Å². The Morgan fingerprint density at radius 3 is 2.88 bits per heavy atom. The monoisotopic (exact) mass is 301 g/mol. The molecule has 0 spiro atoms. The van der Waals surface area contributed by atoms with E-state index in [0.717, 1.165) is 21.5 Å². The second-order valence-corrected chi connectivity index (χ2v) is 5.58. The molecule has 2 N–H and O–H groups in total. The van der Waals surface area contributed by atoms with E-state index in [9.17, 15) is 5.11 Å². The Labute approximate surface area is 109 Å². The molecular weight excluding hydrogens is 286 g/mol. The van der Waals surface area contributed by atoms with Crippen molar-refractivity contribution >= 4 is 15.9 Å². The van der Waals surface area contributed by atoms with Crippen LogP contribution in [0.3, 0.4) is 0 Å². The molecule has 0 saturated heterocycles. The summed E-state index contributed by atoms with van der Waals surface area (Å²) in [5, 5.41) is 12.8. The molecule has 0 bridgehead atoms. The SMILES string of the molecule is CC(C)(O)CNCc1cc(Br)c2c(c1)OCO2. The molecule has 0 unspecified atom stereocenters. The number of aliphatic hydroxyl groups is 1. The second kappa shape index (κ2) is 4.84. The molecule has 0 saturated carbocycles. The fourth-order valence-electron chi connectivity index (χ4n) is 1.64.